The van der Waals surface area contributed by atoms with Crippen molar-refractivity contribution in [1.82, 2.24) is 4.57 Å². The summed E-state index contributed by atoms with van der Waals surface area (Å²) in [5.74, 6) is 0. The molecule has 0 N–H and O–H groups in total. The van der Waals surface area contributed by atoms with Crippen LogP contribution in [0.4, 0.5) is 17.1 Å². The lowest BCUT2D eigenvalue weighted by atomic mass is 9.81. The predicted molar refractivity (Wildman–Crippen MR) is 236 cm³/mol. The highest BCUT2D eigenvalue weighted by Gasteiger charge is 2.40. The highest BCUT2D eigenvalue weighted by molar-refractivity contribution is 6.10. The summed E-state index contributed by atoms with van der Waals surface area (Å²) < 4.78 is 2.40. The lowest BCUT2D eigenvalue weighted by Crippen LogP contribution is -2.21. The molecule has 1 heterocycles. The zero-order chi connectivity index (χ0) is 37.8. The number of hydrogen-bond donors (Lipinski definition) is 0. The Bertz CT molecular complexity index is 3020. The maximum atomic E-state index is 2.50. The van der Waals surface area contributed by atoms with Gasteiger partial charge in [0.05, 0.1) is 16.7 Å². The van der Waals surface area contributed by atoms with Crippen molar-refractivity contribution >= 4 is 38.9 Å². The summed E-state index contributed by atoms with van der Waals surface area (Å²) in [5, 5.41) is 2.53. The van der Waals surface area contributed by atoms with Crippen molar-refractivity contribution in [2.45, 2.75) is 38.5 Å². The van der Waals surface area contributed by atoms with Crippen LogP contribution in [-0.4, -0.2) is 4.57 Å². The molecule has 0 amide bonds. The first kappa shape index (κ1) is 32.8. The van der Waals surface area contributed by atoms with E-state index in [1.165, 1.54) is 88.8 Å². The standard InChI is InChI=1S/C54H42N2/c1-53(2)46-21-11-9-18-41(46)45-34-39(30-32-48(45)53)55(50-24-14-20-44-40-17-8-12-22-47(40)54(3,4)52(44)50)38-28-25-35(26-29-38)36-27-31-43-42-19-10-13-23-49(42)56(51(43)33-36)37-15-6-5-7-16-37/h5-34H,1-4H3. The number of hydrogen-bond acceptors (Lipinski definition) is 1. The van der Waals surface area contributed by atoms with Crippen LogP contribution in [0.3, 0.4) is 0 Å². The van der Waals surface area contributed by atoms with Crippen molar-refractivity contribution in [1.29, 1.82) is 0 Å². The second-order valence-corrected chi connectivity index (χ2v) is 16.6. The van der Waals surface area contributed by atoms with E-state index in [0.29, 0.717) is 0 Å². The summed E-state index contributed by atoms with van der Waals surface area (Å²) >= 11 is 0. The van der Waals surface area contributed by atoms with E-state index < -0.39 is 0 Å². The van der Waals surface area contributed by atoms with Crippen LogP contribution >= 0.6 is 0 Å². The van der Waals surface area contributed by atoms with E-state index in [2.05, 4.69) is 219 Å². The molecule has 0 atom stereocenters. The predicted octanol–water partition coefficient (Wildman–Crippen LogP) is 14.5. The van der Waals surface area contributed by atoms with Crippen LogP contribution in [-0.2, 0) is 10.8 Å². The Morgan fingerprint density at radius 1 is 0.393 bits per heavy atom. The van der Waals surface area contributed by atoms with Gasteiger partial charge in [-0.05, 0) is 110 Å². The quantitative estimate of drug-likeness (QED) is 0.172. The molecule has 2 heteroatoms. The summed E-state index contributed by atoms with van der Waals surface area (Å²) in [4.78, 5) is 2.50. The van der Waals surface area contributed by atoms with Gasteiger partial charge in [0.15, 0.2) is 0 Å². The van der Waals surface area contributed by atoms with Crippen LogP contribution in [0.2, 0.25) is 0 Å². The zero-order valence-corrected chi connectivity index (χ0v) is 32.2. The van der Waals surface area contributed by atoms with Crippen LogP contribution in [0.25, 0.3) is 60.9 Å². The van der Waals surface area contributed by atoms with Crippen molar-refractivity contribution in [2.75, 3.05) is 4.90 Å². The highest BCUT2D eigenvalue weighted by Crippen LogP contribution is 2.55. The minimum atomic E-state index is -0.168. The molecule has 0 radical (unpaired) electrons. The van der Waals surface area contributed by atoms with Gasteiger partial charge in [-0.2, -0.15) is 0 Å². The van der Waals surface area contributed by atoms with Gasteiger partial charge in [-0.1, -0.05) is 155 Å². The number of anilines is 3. The van der Waals surface area contributed by atoms with Crippen LogP contribution in [0.1, 0.15) is 49.9 Å². The molecule has 0 fully saturated rings. The fourth-order valence-electron chi connectivity index (χ4n) is 10.1. The van der Waals surface area contributed by atoms with Crippen molar-refractivity contribution < 1.29 is 0 Å². The molecule has 2 aliphatic rings. The van der Waals surface area contributed by atoms with E-state index >= 15 is 0 Å². The molecule has 0 saturated carbocycles. The van der Waals surface area contributed by atoms with Crippen molar-refractivity contribution in [3.8, 4) is 39.1 Å². The van der Waals surface area contributed by atoms with Crippen molar-refractivity contribution in [3.05, 3.63) is 204 Å². The van der Waals surface area contributed by atoms with Gasteiger partial charge in [0, 0.05) is 38.7 Å². The van der Waals surface area contributed by atoms with E-state index in [4.69, 9.17) is 0 Å². The van der Waals surface area contributed by atoms with Crippen LogP contribution in [0, 0.1) is 0 Å². The van der Waals surface area contributed by atoms with E-state index in [1.807, 2.05) is 0 Å². The van der Waals surface area contributed by atoms with Crippen LogP contribution < -0.4 is 4.90 Å². The van der Waals surface area contributed by atoms with Gasteiger partial charge in [0.1, 0.15) is 0 Å². The smallest absolute Gasteiger partial charge is 0.0547 e. The molecule has 2 nitrogen and oxygen atoms in total. The van der Waals surface area contributed by atoms with E-state index in [-0.39, 0.29) is 10.8 Å². The number of nitrogens with zero attached hydrogens (tertiary/aromatic N) is 2. The first-order chi connectivity index (χ1) is 27.3. The van der Waals surface area contributed by atoms with Gasteiger partial charge < -0.3 is 9.47 Å². The molecule has 0 saturated heterocycles. The van der Waals surface area contributed by atoms with E-state index in [9.17, 15) is 0 Å². The third kappa shape index (κ3) is 4.62. The molecule has 268 valence electrons. The monoisotopic (exact) mass is 718 g/mol. The van der Waals surface area contributed by atoms with E-state index in [0.717, 1.165) is 11.4 Å². The maximum absolute atomic E-state index is 2.50. The summed E-state index contributed by atoms with van der Waals surface area (Å²) in [6.45, 7) is 9.48. The topological polar surface area (TPSA) is 8.17 Å². The fraction of sp³-hybridized carbons (Fsp3) is 0.111. The molecule has 2 aliphatic carbocycles. The Balaban J connectivity index is 1.08. The second kappa shape index (κ2) is 11.9. The number of fused-ring (bicyclic) bond motifs is 9. The summed E-state index contributed by atoms with van der Waals surface area (Å²) in [5.41, 5.74) is 20.1. The minimum Gasteiger partial charge on any atom is -0.310 e. The van der Waals surface area contributed by atoms with Gasteiger partial charge in [-0.15, -0.1) is 0 Å². The van der Waals surface area contributed by atoms with Gasteiger partial charge >= 0.3 is 0 Å². The Labute approximate surface area is 328 Å². The minimum absolute atomic E-state index is 0.0537. The first-order valence-corrected chi connectivity index (χ1v) is 19.8. The highest BCUT2D eigenvalue weighted by atomic mass is 15.1. The molecule has 0 aliphatic heterocycles. The SMILES string of the molecule is CC1(C)c2ccccc2-c2cc(N(c3ccc(-c4ccc5c6ccccc6n(-c6ccccc6)c5c4)cc3)c3cccc4c3C(C)(C)c3ccccc3-4)ccc21. The summed E-state index contributed by atoms with van der Waals surface area (Å²) in [7, 11) is 0. The van der Waals surface area contributed by atoms with Gasteiger partial charge in [0.25, 0.3) is 0 Å². The van der Waals surface area contributed by atoms with Gasteiger partial charge in [-0.3, -0.25) is 0 Å². The number of benzene rings is 8. The molecule has 0 unspecified atom stereocenters. The summed E-state index contributed by atoms with van der Waals surface area (Å²) in [6, 6.07) is 67.5. The van der Waals surface area contributed by atoms with Crippen LogP contribution in [0.5, 0.6) is 0 Å². The van der Waals surface area contributed by atoms with Gasteiger partial charge in [0.2, 0.25) is 0 Å². The Morgan fingerprint density at radius 2 is 0.982 bits per heavy atom. The maximum Gasteiger partial charge on any atom is 0.0547 e. The lowest BCUT2D eigenvalue weighted by molar-refractivity contribution is 0.660. The van der Waals surface area contributed by atoms with Crippen molar-refractivity contribution in [2.24, 2.45) is 0 Å². The third-order valence-corrected chi connectivity index (χ3v) is 12.8. The molecule has 9 aromatic rings. The third-order valence-electron chi connectivity index (χ3n) is 12.8. The average Bonchev–Trinajstić information content (AvgIpc) is 3.78. The Hall–Kier alpha value is -6.64. The number of aromatic nitrogens is 1. The molecule has 0 bridgehead atoms. The number of para-hydroxylation sites is 2. The molecular formula is C54H42N2. The molecule has 0 spiro atoms. The first-order valence-electron chi connectivity index (χ1n) is 19.8. The van der Waals surface area contributed by atoms with E-state index in [1.54, 1.807) is 0 Å². The second-order valence-electron chi connectivity index (χ2n) is 16.6. The van der Waals surface area contributed by atoms with Gasteiger partial charge in [-0.25, -0.2) is 0 Å². The molecule has 1 aromatic heterocycles. The van der Waals surface area contributed by atoms with Crippen molar-refractivity contribution in [3.63, 3.8) is 0 Å². The zero-order valence-electron chi connectivity index (χ0n) is 32.2. The fourth-order valence-corrected chi connectivity index (χ4v) is 10.1. The molecular weight excluding hydrogens is 677 g/mol. The largest absolute Gasteiger partial charge is 0.310 e. The lowest BCUT2D eigenvalue weighted by Gasteiger charge is -2.32. The molecule has 8 aromatic carbocycles. The summed E-state index contributed by atoms with van der Waals surface area (Å²) in [6.07, 6.45) is 0. The van der Waals surface area contributed by atoms with Crippen LogP contribution in [0.15, 0.2) is 182 Å². The Morgan fingerprint density at radius 3 is 1.77 bits per heavy atom. The normalized spacial score (nSPS) is 14.4. The Kier molecular flexibility index (Phi) is 6.98. The average molecular weight is 719 g/mol. The molecule has 11 rings (SSSR count). The number of rotatable bonds is 5. The molecule has 56 heavy (non-hydrogen) atoms.